The summed E-state index contributed by atoms with van der Waals surface area (Å²) in [7, 11) is 0. The normalized spacial score (nSPS) is 19.9. The van der Waals surface area contributed by atoms with E-state index in [4.69, 9.17) is 0 Å². The Morgan fingerprint density at radius 2 is 2.30 bits per heavy atom. The maximum atomic E-state index is 11.5. The second kappa shape index (κ2) is 5.92. The second-order valence-electron chi connectivity index (χ2n) is 4.72. The number of aliphatic carboxylic acids is 1. The molecule has 2 rings (SSSR count). The number of aryl methyl sites for hydroxylation is 2. The van der Waals surface area contributed by atoms with Crippen molar-refractivity contribution in [3.8, 4) is 0 Å². The number of hydrogen-bond donors (Lipinski definition) is 2. The Balaban J connectivity index is 2.26. The molecule has 1 fully saturated rings. The molecule has 0 saturated carbocycles. The summed E-state index contributed by atoms with van der Waals surface area (Å²) in [6.45, 7) is 5.14. The minimum Gasteiger partial charge on any atom is -0.480 e. The molecule has 1 aliphatic heterocycles. The average Bonchev–Trinajstić information content (AvgIpc) is 2.66. The molecule has 1 aromatic rings. The molecule has 1 unspecified atom stereocenters. The van der Waals surface area contributed by atoms with Crippen LogP contribution in [-0.4, -0.2) is 50.8 Å². The number of hydrogen-bond acceptors (Lipinski definition) is 4. The monoisotopic (exact) mass is 344 g/mol. The molecule has 1 aromatic heterocycles. The van der Waals surface area contributed by atoms with E-state index < -0.39 is 12.0 Å². The van der Waals surface area contributed by atoms with Gasteiger partial charge in [-0.25, -0.2) is 0 Å². The van der Waals surface area contributed by atoms with Crippen LogP contribution in [0.25, 0.3) is 0 Å². The first-order valence-corrected chi connectivity index (χ1v) is 7.18. The standard InChI is InChI=1S/C12H17BrN4O3/c1-3-17-9(11(13)7(2)15-17)5-16-6-10(18)14-4-8(16)12(19)20/h8H,3-6H2,1-2H3,(H,14,18)(H,19,20). The third-order valence-electron chi connectivity index (χ3n) is 3.37. The van der Waals surface area contributed by atoms with Crippen LogP contribution in [0.1, 0.15) is 18.3 Å². The van der Waals surface area contributed by atoms with Crippen LogP contribution in [0.4, 0.5) is 0 Å². The van der Waals surface area contributed by atoms with Gasteiger partial charge in [-0.3, -0.25) is 19.2 Å². The van der Waals surface area contributed by atoms with Crippen molar-refractivity contribution in [1.82, 2.24) is 20.0 Å². The predicted molar refractivity (Wildman–Crippen MR) is 75.2 cm³/mol. The van der Waals surface area contributed by atoms with Crippen molar-refractivity contribution in [3.63, 3.8) is 0 Å². The molecule has 1 aliphatic rings. The average molecular weight is 345 g/mol. The van der Waals surface area contributed by atoms with E-state index in [1.165, 1.54) is 0 Å². The summed E-state index contributed by atoms with van der Waals surface area (Å²) in [6, 6.07) is -0.708. The van der Waals surface area contributed by atoms with E-state index in [1.807, 2.05) is 18.5 Å². The molecule has 0 aromatic carbocycles. The van der Waals surface area contributed by atoms with Crippen LogP contribution < -0.4 is 5.32 Å². The lowest BCUT2D eigenvalue weighted by molar-refractivity contribution is -0.146. The van der Waals surface area contributed by atoms with Crippen LogP contribution in [0.3, 0.4) is 0 Å². The third kappa shape index (κ3) is 2.85. The second-order valence-corrected chi connectivity index (χ2v) is 5.52. The first-order valence-electron chi connectivity index (χ1n) is 6.39. The van der Waals surface area contributed by atoms with Gasteiger partial charge < -0.3 is 10.4 Å². The number of piperazine rings is 1. The smallest absolute Gasteiger partial charge is 0.322 e. The fraction of sp³-hybridized carbons (Fsp3) is 0.583. The lowest BCUT2D eigenvalue weighted by Gasteiger charge is -2.32. The van der Waals surface area contributed by atoms with Crippen LogP contribution in [0.15, 0.2) is 4.47 Å². The van der Waals surface area contributed by atoms with E-state index in [9.17, 15) is 14.7 Å². The van der Waals surface area contributed by atoms with Gasteiger partial charge in [0.2, 0.25) is 5.91 Å². The number of rotatable bonds is 4. The summed E-state index contributed by atoms with van der Waals surface area (Å²) in [6.07, 6.45) is 0. The summed E-state index contributed by atoms with van der Waals surface area (Å²) in [5.41, 5.74) is 1.75. The summed E-state index contributed by atoms with van der Waals surface area (Å²) in [5.74, 6) is -1.08. The number of carbonyl (C=O) groups excluding carboxylic acids is 1. The topological polar surface area (TPSA) is 87.5 Å². The highest BCUT2D eigenvalue weighted by atomic mass is 79.9. The molecule has 7 nitrogen and oxygen atoms in total. The van der Waals surface area contributed by atoms with Crippen molar-refractivity contribution >= 4 is 27.8 Å². The number of carboxylic acid groups (broad SMARTS) is 1. The Labute approximate surface area is 125 Å². The summed E-state index contributed by atoms with van der Waals surface area (Å²) in [4.78, 5) is 24.4. The first kappa shape index (κ1) is 15.0. The van der Waals surface area contributed by atoms with Gasteiger partial charge in [0.15, 0.2) is 0 Å². The van der Waals surface area contributed by atoms with E-state index in [-0.39, 0.29) is 19.0 Å². The largest absolute Gasteiger partial charge is 0.480 e. The molecular weight excluding hydrogens is 328 g/mol. The maximum Gasteiger partial charge on any atom is 0.322 e. The number of carbonyl (C=O) groups is 2. The predicted octanol–water partition coefficient (Wildman–Crippen LogP) is 0.359. The van der Waals surface area contributed by atoms with E-state index >= 15 is 0 Å². The lowest BCUT2D eigenvalue weighted by atomic mass is 10.1. The quantitative estimate of drug-likeness (QED) is 0.823. The van der Waals surface area contributed by atoms with Gasteiger partial charge >= 0.3 is 5.97 Å². The highest BCUT2D eigenvalue weighted by molar-refractivity contribution is 9.10. The molecule has 2 N–H and O–H groups in total. The Hall–Kier alpha value is -1.41. The summed E-state index contributed by atoms with van der Waals surface area (Å²) in [5, 5.41) is 16.2. The van der Waals surface area contributed by atoms with Crippen LogP contribution in [0.5, 0.6) is 0 Å². The number of halogens is 1. The zero-order valence-electron chi connectivity index (χ0n) is 11.4. The van der Waals surface area contributed by atoms with Gasteiger partial charge in [-0.2, -0.15) is 5.10 Å². The molecule has 1 amide bonds. The van der Waals surface area contributed by atoms with Gasteiger partial charge in [-0.05, 0) is 29.8 Å². The van der Waals surface area contributed by atoms with E-state index in [0.717, 1.165) is 15.9 Å². The zero-order valence-corrected chi connectivity index (χ0v) is 13.0. The number of amides is 1. The number of nitrogens with one attached hydrogen (secondary N) is 1. The van der Waals surface area contributed by atoms with Crippen LogP contribution in [0, 0.1) is 6.92 Å². The van der Waals surface area contributed by atoms with Crippen LogP contribution in [-0.2, 0) is 22.7 Å². The SMILES string of the molecule is CCn1nc(C)c(Br)c1CN1CC(=O)NCC1C(=O)O. The molecule has 2 heterocycles. The molecule has 20 heavy (non-hydrogen) atoms. The molecule has 8 heteroatoms. The molecule has 1 atom stereocenters. The number of nitrogens with zero attached hydrogens (tertiary/aromatic N) is 3. The molecule has 0 bridgehead atoms. The third-order valence-corrected chi connectivity index (χ3v) is 4.40. The minimum absolute atomic E-state index is 0.0807. The maximum absolute atomic E-state index is 11.5. The molecule has 0 radical (unpaired) electrons. The Morgan fingerprint density at radius 1 is 1.60 bits per heavy atom. The molecule has 110 valence electrons. The lowest BCUT2D eigenvalue weighted by Crippen LogP contribution is -2.57. The van der Waals surface area contributed by atoms with Gasteiger partial charge in [-0.1, -0.05) is 0 Å². The van der Waals surface area contributed by atoms with Crippen molar-refractivity contribution in [2.45, 2.75) is 33.0 Å². The van der Waals surface area contributed by atoms with Crippen LogP contribution >= 0.6 is 15.9 Å². The molecule has 0 aliphatic carbocycles. The summed E-state index contributed by atoms with van der Waals surface area (Å²) < 4.78 is 2.69. The highest BCUT2D eigenvalue weighted by Crippen LogP contribution is 2.23. The highest BCUT2D eigenvalue weighted by Gasteiger charge is 2.33. The Kier molecular flexibility index (Phi) is 4.44. The van der Waals surface area contributed by atoms with E-state index in [0.29, 0.717) is 13.1 Å². The Bertz CT molecular complexity index is 543. The fourth-order valence-corrected chi connectivity index (χ4v) is 2.72. The van der Waals surface area contributed by atoms with Gasteiger partial charge in [-0.15, -0.1) is 0 Å². The van der Waals surface area contributed by atoms with Gasteiger partial charge in [0.1, 0.15) is 6.04 Å². The van der Waals surface area contributed by atoms with Gasteiger partial charge in [0.05, 0.1) is 22.4 Å². The van der Waals surface area contributed by atoms with Crippen LogP contribution in [0.2, 0.25) is 0 Å². The molecule has 1 saturated heterocycles. The number of carboxylic acids is 1. The fourth-order valence-electron chi connectivity index (χ4n) is 2.31. The molecule has 0 spiro atoms. The van der Waals surface area contributed by atoms with E-state index in [2.05, 4.69) is 26.3 Å². The number of aromatic nitrogens is 2. The van der Waals surface area contributed by atoms with Crippen molar-refractivity contribution in [2.75, 3.05) is 13.1 Å². The van der Waals surface area contributed by atoms with Crippen molar-refractivity contribution in [1.29, 1.82) is 0 Å². The summed E-state index contributed by atoms with van der Waals surface area (Å²) >= 11 is 3.48. The van der Waals surface area contributed by atoms with Crippen molar-refractivity contribution in [2.24, 2.45) is 0 Å². The van der Waals surface area contributed by atoms with Crippen molar-refractivity contribution < 1.29 is 14.7 Å². The van der Waals surface area contributed by atoms with Crippen molar-refractivity contribution in [3.05, 3.63) is 15.9 Å². The minimum atomic E-state index is -0.930. The first-order chi connectivity index (χ1) is 9.43. The zero-order chi connectivity index (χ0) is 14.9. The Morgan fingerprint density at radius 3 is 2.90 bits per heavy atom. The molecular formula is C12H17BrN4O3. The van der Waals surface area contributed by atoms with Gasteiger partial charge in [0.25, 0.3) is 0 Å². The van der Waals surface area contributed by atoms with Gasteiger partial charge in [0, 0.05) is 19.6 Å². The van der Waals surface area contributed by atoms with E-state index in [1.54, 1.807) is 4.90 Å².